The molecule has 1 aliphatic rings. The van der Waals surface area contributed by atoms with Crippen LogP contribution in [-0.4, -0.2) is 19.0 Å². The van der Waals surface area contributed by atoms with Gasteiger partial charge in [-0.3, -0.25) is 4.79 Å². The Kier molecular flexibility index (Phi) is 6.89. The van der Waals surface area contributed by atoms with Crippen LogP contribution in [0.25, 0.3) is 6.08 Å². The largest absolute Gasteiger partial charge is 0.372 e. The molecule has 24 heavy (non-hydrogen) atoms. The molecule has 1 heterocycles. The predicted octanol–water partition coefficient (Wildman–Crippen LogP) is 4.75. The number of carbonyl (C=O) groups excluding carboxylic acids is 1. The summed E-state index contributed by atoms with van der Waals surface area (Å²) in [5.74, 6) is -0.112. The van der Waals surface area contributed by atoms with Crippen molar-refractivity contribution >= 4 is 35.8 Å². The predicted molar refractivity (Wildman–Crippen MR) is 104 cm³/mol. The lowest BCUT2D eigenvalue weighted by molar-refractivity contribution is -0.111. The molecule has 126 valence electrons. The Bertz CT molecular complexity index is 662. The van der Waals surface area contributed by atoms with Gasteiger partial charge in [-0.05, 0) is 55.2 Å². The lowest BCUT2D eigenvalue weighted by Gasteiger charge is -2.28. The van der Waals surface area contributed by atoms with Crippen molar-refractivity contribution in [3.63, 3.8) is 0 Å². The number of halogens is 1. The lowest BCUT2D eigenvalue weighted by Crippen LogP contribution is -2.29. The van der Waals surface area contributed by atoms with Gasteiger partial charge in [0.25, 0.3) is 0 Å². The Hall–Kier alpha value is -2.26. The fraction of sp³-hybridized carbons (Fsp3) is 0.250. The zero-order valence-corrected chi connectivity index (χ0v) is 14.5. The first kappa shape index (κ1) is 18.1. The van der Waals surface area contributed by atoms with Gasteiger partial charge in [0.05, 0.1) is 0 Å². The summed E-state index contributed by atoms with van der Waals surface area (Å²) in [6.45, 7) is 2.26. The molecule has 2 aromatic carbocycles. The molecule has 4 heteroatoms. The van der Waals surface area contributed by atoms with E-state index in [9.17, 15) is 4.79 Å². The molecule has 2 aromatic rings. The van der Waals surface area contributed by atoms with Gasteiger partial charge in [-0.15, -0.1) is 12.4 Å². The molecule has 1 N–H and O–H groups in total. The summed E-state index contributed by atoms with van der Waals surface area (Å²) in [5, 5.41) is 2.90. The highest BCUT2D eigenvalue weighted by molar-refractivity contribution is 6.02. The van der Waals surface area contributed by atoms with Gasteiger partial charge in [0.15, 0.2) is 0 Å². The van der Waals surface area contributed by atoms with Gasteiger partial charge >= 0.3 is 0 Å². The van der Waals surface area contributed by atoms with Crippen molar-refractivity contribution in [2.75, 3.05) is 23.3 Å². The van der Waals surface area contributed by atoms with Crippen LogP contribution >= 0.6 is 12.4 Å². The smallest absolute Gasteiger partial charge is 0.248 e. The summed E-state index contributed by atoms with van der Waals surface area (Å²) in [7, 11) is 0. The van der Waals surface area contributed by atoms with E-state index in [0.717, 1.165) is 24.3 Å². The monoisotopic (exact) mass is 342 g/mol. The second kappa shape index (κ2) is 9.14. The van der Waals surface area contributed by atoms with E-state index >= 15 is 0 Å². The standard InChI is InChI=1S/C20H22N2O.ClH/c23-20(14-9-17-7-3-1-4-8-17)21-18-10-12-19(13-11-18)22-15-5-2-6-16-22;/h1,3-4,7-14H,2,5-6,15-16H2,(H,21,23);1H/b14-9+;. The van der Waals surface area contributed by atoms with E-state index in [1.54, 1.807) is 6.08 Å². The number of nitrogens with one attached hydrogen (secondary N) is 1. The molecule has 3 rings (SSSR count). The van der Waals surface area contributed by atoms with Crippen LogP contribution in [0.4, 0.5) is 11.4 Å². The minimum absolute atomic E-state index is 0. The fourth-order valence-electron chi connectivity index (χ4n) is 2.83. The molecule has 1 saturated heterocycles. The summed E-state index contributed by atoms with van der Waals surface area (Å²) >= 11 is 0. The number of benzene rings is 2. The molecule has 1 fully saturated rings. The maximum absolute atomic E-state index is 12.0. The highest BCUT2D eigenvalue weighted by atomic mass is 35.5. The number of hydrogen-bond acceptors (Lipinski definition) is 2. The number of hydrogen-bond donors (Lipinski definition) is 1. The molecule has 0 saturated carbocycles. The number of amides is 1. The molecule has 0 aromatic heterocycles. The van der Waals surface area contributed by atoms with E-state index in [-0.39, 0.29) is 18.3 Å². The van der Waals surface area contributed by atoms with E-state index in [1.165, 1.54) is 24.9 Å². The van der Waals surface area contributed by atoms with Crippen molar-refractivity contribution in [1.29, 1.82) is 0 Å². The van der Waals surface area contributed by atoms with Crippen LogP contribution in [0.5, 0.6) is 0 Å². The van der Waals surface area contributed by atoms with Crippen LogP contribution in [0.15, 0.2) is 60.7 Å². The second-order valence-corrected chi connectivity index (χ2v) is 5.83. The summed E-state index contributed by atoms with van der Waals surface area (Å²) in [4.78, 5) is 14.4. The SMILES string of the molecule is Cl.O=C(/C=C/c1ccccc1)Nc1ccc(N2CCCCC2)cc1. The van der Waals surface area contributed by atoms with Crippen LogP contribution in [0.3, 0.4) is 0 Å². The van der Waals surface area contributed by atoms with Crippen molar-refractivity contribution in [3.05, 3.63) is 66.2 Å². The quantitative estimate of drug-likeness (QED) is 0.813. The van der Waals surface area contributed by atoms with Crippen molar-refractivity contribution in [1.82, 2.24) is 0 Å². The van der Waals surface area contributed by atoms with E-state index in [0.29, 0.717) is 0 Å². The number of rotatable bonds is 4. The van der Waals surface area contributed by atoms with Crippen molar-refractivity contribution in [2.24, 2.45) is 0 Å². The average Bonchev–Trinajstić information content (AvgIpc) is 2.62. The Labute approximate surface area is 149 Å². The molecule has 0 atom stereocenters. The second-order valence-electron chi connectivity index (χ2n) is 5.83. The van der Waals surface area contributed by atoms with Gasteiger partial charge in [-0.1, -0.05) is 30.3 Å². The maximum atomic E-state index is 12.0. The third kappa shape index (κ3) is 5.14. The van der Waals surface area contributed by atoms with Gasteiger partial charge < -0.3 is 10.2 Å². The zero-order valence-electron chi connectivity index (χ0n) is 13.7. The van der Waals surface area contributed by atoms with Crippen LogP contribution in [0, 0.1) is 0 Å². The highest BCUT2D eigenvalue weighted by Gasteiger charge is 2.10. The van der Waals surface area contributed by atoms with Gasteiger partial charge in [-0.2, -0.15) is 0 Å². The summed E-state index contributed by atoms with van der Waals surface area (Å²) < 4.78 is 0. The van der Waals surface area contributed by atoms with Gasteiger partial charge in [0, 0.05) is 30.5 Å². The third-order valence-electron chi connectivity index (χ3n) is 4.08. The Morgan fingerprint density at radius 1 is 0.917 bits per heavy atom. The molecule has 0 spiro atoms. The molecular formula is C20H23ClN2O. The minimum atomic E-state index is -0.112. The number of nitrogens with zero attached hydrogens (tertiary/aromatic N) is 1. The van der Waals surface area contributed by atoms with E-state index in [4.69, 9.17) is 0 Å². The van der Waals surface area contributed by atoms with Crippen molar-refractivity contribution < 1.29 is 4.79 Å². The number of piperidine rings is 1. The minimum Gasteiger partial charge on any atom is -0.372 e. The summed E-state index contributed by atoms with van der Waals surface area (Å²) in [6, 6.07) is 17.9. The van der Waals surface area contributed by atoms with E-state index < -0.39 is 0 Å². The van der Waals surface area contributed by atoms with Crippen molar-refractivity contribution in [3.8, 4) is 0 Å². The van der Waals surface area contributed by atoms with E-state index in [1.807, 2.05) is 48.5 Å². The van der Waals surface area contributed by atoms with Gasteiger partial charge in [0.1, 0.15) is 0 Å². The van der Waals surface area contributed by atoms with E-state index in [2.05, 4.69) is 22.3 Å². The van der Waals surface area contributed by atoms with Gasteiger partial charge in [-0.25, -0.2) is 0 Å². The van der Waals surface area contributed by atoms with Crippen LogP contribution in [-0.2, 0) is 4.79 Å². The molecule has 0 aliphatic carbocycles. The first-order chi connectivity index (χ1) is 11.3. The Morgan fingerprint density at radius 2 is 1.58 bits per heavy atom. The molecule has 0 radical (unpaired) electrons. The maximum Gasteiger partial charge on any atom is 0.248 e. The first-order valence-corrected chi connectivity index (χ1v) is 8.20. The zero-order chi connectivity index (χ0) is 15.9. The van der Waals surface area contributed by atoms with Gasteiger partial charge in [0.2, 0.25) is 5.91 Å². The van der Waals surface area contributed by atoms with Crippen LogP contribution < -0.4 is 10.2 Å². The van der Waals surface area contributed by atoms with Crippen LogP contribution in [0.1, 0.15) is 24.8 Å². The molecule has 0 unspecified atom stereocenters. The van der Waals surface area contributed by atoms with Crippen molar-refractivity contribution in [2.45, 2.75) is 19.3 Å². The fourth-order valence-corrected chi connectivity index (χ4v) is 2.83. The Balaban J connectivity index is 0.00000208. The van der Waals surface area contributed by atoms with Crippen LogP contribution in [0.2, 0.25) is 0 Å². The topological polar surface area (TPSA) is 32.3 Å². The highest BCUT2D eigenvalue weighted by Crippen LogP contribution is 2.21. The number of carbonyl (C=O) groups is 1. The first-order valence-electron chi connectivity index (χ1n) is 8.20. The molecule has 1 aliphatic heterocycles. The molecule has 3 nitrogen and oxygen atoms in total. The summed E-state index contributed by atoms with van der Waals surface area (Å²) in [5.41, 5.74) is 3.08. The number of anilines is 2. The average molecular weight is 343 g/mol. The molecular weight excluding hydrogens is 320 g/mol. The lowest BCUT2D eigenvalue weighted by atomic mass is 10.1. The molecule has 0 bridgehead atoms. The normalized spacial score (nSPS) is 14.2. The summed E-state index contributed by atoms with van der Waals surface area (Å²) in [6.07, 6.45) is 7.25. The third-order valence-corrected chi connectivity index (χ3v) is 4.08. The molecule has 1 amide bonds. The Morgan fingerprint density at radius 3 is 2.25 bits per heavy atom.